The minimum absolute atomic E-state index is 0.0205. The Balaban J connectivity index is 1.76. The Morgan fingerprint density at radius 3 is 2.38 bits per heavy atom. The van der Waals surface area contributed by atoms with Crippen molar-refractivity contribution in [1.29, 1.82) is 0 Å². The molecule has 2 atom stereocenters. The summed E-state index contributed by atoms with van der Waals surface area (Å²) in [6.07, 6.45) is 1.46. The van der Waals surface area contributed by atoms with Crippen LogP contribution in [0, 0.1) is 5.92 Å². The Morgan fingerprint density at radius 2 is 1.79 bits per heavy atom. The molecule has 5 heteroatoms. The van der Waals surface area contributed by atoms with Gasteiger partial charge in [0.15, 0.2) is 0 Å². The molecule has 1 aliphatic heterocycles. The van der Waals surface area contributed by atoms with Crippen molar-refractivity contribution in [2.24, 2.45) is 5.92 Å². The van der Waals surface area contributed by atoms with Crippen molar-refractivity contribution >= 4 is 6.09 Å². The van der Waals surface area contributed by atoms with E-state index in [0.717, 1.165) is 30.8 Å². The Bertz CT molecular complexity index is 961. The predicted octanol–water partition coefficient (Wildman–Crippen LogP) is 6.51. The van der Waals surface area contributed by atoms with Crippen LogP contribution >= 0.6 is 0 Å². The van der Waals surface area contributed by atoms with Crippen molar-refractivity contribution in [3.05, 3.63) is 78.0 Å². The fourth-order valence-electron chi connectivity index (χ4n) is 4.90. The molecule has 1 saturated heterocycles. The summed E-state index contributed by atoms with van der Waals surface area (Å²) in [6, 6.07) is 18.8. The third-order valence-corrected chi connectivity index (χ3v) is 6.56. The molecular weight excluding hydrogens is 424 g/mol. The lowest BCUT2D eigenvalue weighted by Crippen LogP contribution is -2.36. The van der Waals surface area contributed by atoms with E-state index >= 15 is 0 Å². The number of benzene rings is 2. The van der Waals surface area contributed by atoms with Crippen molar-refractivity contribution < 1.29 is 14.3 Å². The van der Waals surface area contributed by atoms with E-state index in [1.807, 2.05) is 39.0 Å². The number of ether oxygens (including phenoxy) is 2. The molecule has 0 radical (unpaired) electrons. The summed E-state index contributed by atoms with van der Waals surface area (Å²) >= 11 is 0. The van der Waals surface area contributed by atoms with Crippen molar-refractivity contribution in [2.45, 2.75) is 71.1 Å². The number of methoxy groups -OCH3 is 1. The van der Waals surface area contributed by atoms with E-state index in [4.69, 9.17) is 9.47 Å². The summed E-state index contributed by atoms with van der Waals surface area (Å²) in [4.78, 5) is 14.6. The molecule has 1 N–H and O–H groups in total. The van der Waals surface area contributed by atoms with Gasteiger partial charge in [-0.25, -0.2) is 4.79 Å². The lowest BCUT2D eigenvalue weighted by atomic mass is 9.79. The topological polar surface area (TPSA) is 50.8 Å². The minimum atomic E-state index is -0.505. The maximum Gasteiger partial charge on any atom is 0.407 e. The molecule has 2 aromatic rings. The van der Waals surface area contributed by atoms with Crippen LogP contribution in [0.15, 0.2) is 66.9 Å². The molecule has 0 spiro atoms. The molecule has 0 aromatic heterocycles. The Labute approximate surface area is 205 Å². The van der Waals surface area contributed by atoms with Gasteiger partial charge < -0.3 is 19.7 Å². The molecule has 2 unspecified atom stereocenters. The van der Waals surface area contributed by atoms with Crippen molar-refractivity contribution in [1.82, 2.24) is 10.2 Å². The largest absolute Gasteiger partial charge is 0.497 e. The van der Waals surface area contributed by atoms with Gasteiger partial charge in [-0.2, -0.15) is 0 Å². The number of nitrogens with zero attached hydrogens (tertiary/aromatic N) is 1. The van der Waals surface area contributed by atoms with Gasteiger partial charge in [0.25, 0.3) is 0 Å². The normalized spacial score (nSPS) is 18.5. The maximum absolute atomic E-state index is 12.2. The highest BCUT2D eigenvalue weighted by Crippen LogP contribution is 2.48. The molecule has 0 aliphatic carbocycles. The summed E-state index contributed by atoms with van der Waals surface area (Å²) < 4.78 is 10.7. The van der Waals surface area contributed by atoms with E-state index in [1.54, 1.807) is 7.11 Å². The number of carbonyl (C=O) groups is 1. The van der Waals surface area contributed by atoms with E-state index in [-0.39, 0.29) is 23.5 Å². The summed E-state index contributed by atoms with van der Waals surface area (Å²) in [5.41, 5.74) is 3.15. The van der Waals surface area contributed by atoms with Crippen LogP contribution in [0.1, 0.15) is 64.5 Å². The van der Waals surface area contributed by atoms with Crippen LogP contribution in [-0.4, -0.2) is 35.8 Å². The zero-order valence-electron chi connectivity index (χ0n) is 21.6. The number of allylic oxidation sites excluding steroid dienone is 1. The Kier molecular flexibility index (Phi) is 7.96. The van der Waals surface area contributed by atoms with Gasteiger partial charge in [0.2, 0.25) is 0 Å². The summed E-state index contributed by atoms with van der Waals surface area (Å²) in [6.45, 7) is 16.1. The average molecular weight is 465 g/mol. The number of nitrogens with one attached hydrogen (secondary N) is 1. The van der Waals surface area contributed by atoms with Gasteiger partial charge >= 0.3 is 6.09 Å². The number of amides is 1. The lowest BCUT2D eigenvalue weighted by Gasteiger charge is -2.34. The minimum Gasteiger partial charge on any atom is -0.497 e. The summed E-state index contributed by atoms with van der Waals surface area (Å²) in [7, 11) is 1.69. The van der Waals surface area contributed by atoms with Crippen molar-refractivity contribution in [2.75, 3.05) is 13.7 Å². The predicted molar refractivity (Wildman–Crippen MR) is 138 cm³/mol. The van der Waals surface area contributed by atoms with Gasteiger partial charge in [-0.05, 0) is 76.6 Å². The van der Waals surface area contributed by atoms with Crippen LogP contribution in [0.5, 0.6) is 5.75 Å². The van der Waals surface area contributed by atoms with Gasteiger partial charge in [0.1, 0.15) is 11.4 Å². The van der Waals surface area contributed by atoms with Crippen LogP contribution in [0.25, 0.3) is 0 Å². The van der Waals surface area contributed by atoms with Crippen molar-refractivity contribution in [3.8, 4) is 5.75 Å². The highest BCUT2D eigenvalue weighted by atomic mass is 16.6. The van der Waals surface area contributed by atoms with E-state index in [0.29, 0.717) is 6.54 Å². The number of rotatable bonds is 8. The molecule has 1 fully saturated rings. The molecule has 184 valence electrons. The number of carbonyl (C=O) groups excluding carboxylic acids is 1. The third-order valence-electron chi connectivity index (χ3n) is 6.56. The first-order valence-electron chi connectivity index (χ1n) is 12.1. The lowest BCUT2D eigenvalue weighted by molar-refractivity contribution is 0.0525. The standard InChI is InChI=1S/C29H40N2O3/c1-21-26(19-29(5,6)31(21)20-22-13-15-24(33-7)16-14-22)25(23-11-9-8-10-12-23)17-18-30-27(32)34-28(2,3)4/h8-16,25-26H,1,17-20H2,2-7H3,(H,30,32). The first-order valence-corrected chi connectivity index (χ1v) is 12.1. The highest BCUT2D eigenvalue weighted by molar-refractivity contribution is 5.67. The Morgan fingerprint density at radius 1 is 1.15 bits per heavy atom. The average Bonchev–Trinajstić information content (AvgIpc) is 3.00. The molecular formula is C29H40N2O3. The smallest absolute Gasteiger partial charge is 0.407 e. The van der Waals surface area contributed by atoms with Crippen LogP contribution in [0.2, 0.25) is 0 Å². The van der Waals surface area contributed by atoms with Gasteiger partial charge in [-0.3, -0.25) is 0 Å². The third kappa shape index (κ3) is 6.55. The van der Waals surface area contributed by atoms with E-state index in [1.165, 1.54) is 11.1 Å². The van der Waals surface area contributed by atoms with Crippen LogP contribution in [-0.2, 0) is 11.3 Å². The van der Waals surface area contributed by atoms with Gasteiger partial charge in [0.05, 0.1) is 7.11 Å². The second-order valence-electron chi connectivity index (χ2n) is 10.8. The SMILES string of the molecule is C=C1C(C(CCNC(=O)OC(C)(C)C)c2ccccc2)CC(C)(C)N1Cc1ccc(OC)cc1. The molecule has 34 heavy (non-hydrogen) atoms. The fraction of sp³-hybridized carbons (Fsp3) is 0.483. The first kappa shape index (κ1) is 25.7. The second-order valence-corrected chi connectivity index (χ2v) is 10.8. The molecule has 1 aliphatic rings. The van der Waals surface area contributed by atoms with Gasteiger partial charge in [-0.1, -0.05) is 49.0 Å². The number of hydrogen-bond acceptors (Lipinski definition) is 4. The van der Waals surface area contributed by atoms with E-state index in [2.05, 4.69) is 67.0 Å². The Hall–Kier alpha value is -2.95. The van der Waals surface area contributed by atoms with Crippen LogP contribution in [0.4, 0.5) is 4.79 Å². The second kappa shape index (κ2) is 10.5. The van der Waals surface area contributed by atoms with Crippen LogP contribution < -0.4 is 10.1 Å². The van der Waals surface area contributed by atoms with Crippen molar-refractivity contribution in [3.63, 3.8) is 0 Å². The molecule has 5 nitrogen and oxygen atoms in total. The molecule has 1 heterocycles. The van der Waals surface area contributed by atoms with Crippen LogP contribution in [0.3, 0.4) is 0 Å². The van der Waals surface area contributed by atoms with Gasteiger partial charge in [0, 0.05) is 30.2 Å². The monoisotopic (exact) mass is 464 g/mol. The quantitative estimate of drug-likeness (QED) is 0.484. The molecule has 2 aromatic carbocycles. The first-order chi connectivity index (χ1) is 16.0. The van der Waals surface area contributed by atoms with E-state index < -0.39 is 5.60 Å². The number of alkyl carbamates (subject to hydrolysis) is 1. The number of hydrogen-bond donors (Lipinski definition) is 1. The summed E-state index contributed by atoms with van der Waals surface area (Å²) in [5.74, 6) is 1.41. The summed E-state index contributed by atoms with van der Waals surface area (Å²) in [5, 5.41) is 2.94. The zero-order chi connectivity index (χ0) is 24.9. The maximum atomic E-state index is 12.2. The molecule has 0 bridgehead atoms. The molecule has 0 saturated carbocycles. The fourth-order valence-corrected chi connectivity index (χ4v) is 4.90. The van der Waals surface area contributed by atoms with Gasteiger partial charge in [-0.15, -0.1) is 0 Å². The van der Waals surface area contributed by atoms with E-state index in [9.17, 15) is 4.79 Å². The highest BCUT2D eigenvalue weighted by Gasteiger charge is 2.44. The number of likely N-dealkylation sites (tertiary alicyclic amines) is 1. The molecule has 1 amide bonds. The zero-order valence-corrected chi connectivity index (χ0v) is 21.6. The molecule has 3 rings (SSSR count).